The quantitative estimate of drug-likeness (QED) is 0.713. The summed E-state index contributed by atoms with van der Waals surface area (Å²) in [5.74, 6) is -2.66. The van der Waals surface area contributed by atoms with Gasteiger partial charge in [-0.2, -0.15) is 0 Å². The number of likely N-dealkylation sites (tertiary alicyclic amines) is 1. The molecule has 0 aromatic heterocycles. The van der Waals surface area contributed by atoms with Crippen LogP contribution in [-0.4, -0.2) is 63.1 Å². The van der Waals surface area contributed by atoms with Gasteiger partial charge in [-0.05, 0) is 37.0 Å². The topological polar surface area (TPSA) is 124 Å². The number of carbonyl (C=O) groups is 5. The summed E-state index contributed by atoms with van der Waals surface area (Å²) in [6, 6.07) is 3.16. The molecular formula is C19H19N3O6. The normalized spacial score (nSPS) is 24.4. The van der Waals surface area contributed by atoms with Crippen molar-refractivity contribution in [1.29, 1.82) is 0 Å². The Kier molecular flexibility index (Phi) is 4.37. The van der Waals surface area contributed by atoms with Crippen LogP contribution in [0.5, 0.6) is 0 Å². The summed E-state index contributed by atoms with van der Waals surface area (Å²) in [7, 11) is 0. The van der Waals surface area contributed by atoms with Crippen LogP contribution in [-0.2, 0) is 20.9 Å². The van der Waals surface area contributed by atoms with Crippen molar-refractivity contribution in [3.63, 3.8) is 0 Å². The van der Waals surface area contributed by atoms with Gasteiger partial charge in [0.2, 0.25) is 11.8 Å². The van der Waals surface area contributed by atoms with Crippen molar-refractivity contribution in [1.82, 2.24) is 15.1 Å². The second-order valence-corrected chi connectivity index (χ2v) is 7.27. The van der Waals surface area contributed by atoms with E-state index < -0.39 is 29.9 Å². The molecule has 9 heteroatoms. The van der Waals surface area contributed by atoms with E-state index in [2.05, 4.69) is 5.32 Å². The zero-order valence-corrected chi connectivity index (χ0v) is 15.0. The molecular weight excluding hydrogens is 366 g/mol. The van der Waals surface area contributed by atoms with Crippen LogP contribution in [0.3, 0.4) is 0 Å². The first-order valence-corrected chi connectivity index (χ1v) is 9.18. The van der Waals surface area contributed by atoms with E-state index in [1.54, 1.807) is 12.1 Å². The summed E-state index contributed by atoms with van der Waals surface area (Å²) in [5, 5.41) is 11.5. The molecule has 3 aliphatic heterocycles. The van der Waals surface area contributed by atoms with Crippen molar-refractivity contribution in [3.05, 3.63) is 34.9 Å². The third-order valence-corrected chi connectivity index (χ3v) is 5.57. The predicted octanol–water partition coefficient (Wildman–Crippen LogP) is 0.137. The number of imide groups is 1. The monoisotopic (exact) mass is 385 g/mol. The van der Waals surface area contributed by atoms with Crippen LogP contribution in [0.2, 0.25) is 0 Å². The standard InChI is InChI=1S/C19H19N3O6/c23-15-6-5-13(16(24)20-15)22-9-11-4-3-10(8-12(11)18(22)26)17(25)21-7-1-2-14(21)19(27)28/h3-4,8,13-14H,1-2,5-7,9H2,(H,27,28)(H,20,23,24)/t13?,14-/m0/s1. The lowest BCUT2D eigenvalue weighted by molar-refractivity contribution is -0.141. The maximum Gasteiger partial charge on any atom is 0.326 e. The Labute approximate surface area is 160 Å². The average Bonchev–Trinajstić information content (AvgIpc) is 3.27. The highest BCUT2D eigenvalue weighted by atomic mass is 16.4. The number of benzene rings is 1. The summed E-state index contributed by atoms with van der Waals surface area (Å²) in [4.78, 5) is 63.1. The Morgan fingerprint density at radius 2 is 1.93 bits per heavy atom. The molecule has 9 nitrogen and oxygen atoms in total. The van der Waals surface area contributed by atoms with E-state index in [-0.39, 0.29) is 36.8 Å². The number of piperidine rings is 1. The molecule has 0 saturated carbocycles. The van der Waals surface area contributed by atoms with Gasteiger partial charge in [-0.1, -0.05) is 6.07 Å². The van der Waals surface area contributed by atoms with E-state index in [1.807, 2.05) is 0 Å². The van der Waals surface area contributed by atoms with Gasteiger partial charge in [0.25, 0.3) is 11.8 Å². The molecule has 28 heavy (non-hydrogen) atoms. The molecule has 3 heterocycles. The highest BCUT2D eigenvalue weighted by Crippen LogP contribution is 2.29. The SMILES string of the molecule is O=C1CCC(N2Cc3ccc(C(=O)N4CCC[C@H]4C(=O)O)cc3C2=O)C(=O)N1. The number of carbonyl (C=O) groups excluding carboxylic acids is 4. The van der Waals surface area contributed by atoms with Crippen LogP contribution in [0.25, 0.3) is 0 Å². The highest BCUT2D eigenvalue weighted by Gasteiger charge is 2.40. The molecule has 2 saturated heterocycles. The van der Waals surface area contributed by atoms with E-state index >= 15 is 0 Å². The first-order chi connectivity index (χ1) is 13.4. The fourth-order valence-electron chi connectivity index (χ4n) is 4.12. The van der Waals surface area contributed by atoms with Gasteiger partial charge in [0.05, 0.1) is 0 Å². The van der Waals surface area contributed by atoms with Gasteiger partial charge in [0.1, 0.15) is 12.1 Å². The fraction of sp³-hybridized carbons (Fsp3) is 0.421. The lowest BCUT2D eigenvalue weighted by atomic mass is 10.0. The van der Waals surface area contributed by atoms with Gasteiger partial charge in [-0.25, -0.2) is 4.79 Å². The van der Waals surface area contributed by atoms with Crippen LogP contribution in [0, 0.1) is 0 Å². The molecule has 3 aliphatic rings. The Balaban J connectivity index is 1.56. The number of carboxylic acids is 1. The molecule has 0 aliphatic carbocycles. The minimum atomic E-state index is -1.04. The van der Waals surface area contributed by atoms with Crippen molar-refractivity contribution < 1.29 is 29.1 Å². The van der Waals surface area contributed by atoms with Crippen molar-refractivity contribution in [2.75, 3.05) is 6.54 Å². The largest absolute Gasteiger partial charge is 0.480 e. The molecule has 2 atom stereocenters. The Morgan fingerprint density at radius 3 is 2.64 bits per heavy atom. The van der Waals surface area contributed by atoms with Crippen molar-refractivity contribution in [2.24, 2.45) is 0 Å². The predicted molar refractivity (Wildman–Crippen MR) is 94.2 cm³/mol. The fourth-order valence-corrected chi connectivity index (χ4v) is 4.12. The van der Waals surface area contributed by atoms with Crippen LogP contribution < -0.4 is 5.32 Å². The highest BCUT2D eigenvalue weighted by molar-refractivity contribution is 6.07. The molecule has 1 unspecified atom stereocenters. The molecule has 1 aromatic carbocycles. The third-order valence-electron chi connectivity index (χ3n) is 5.57. The van der Waals surface area contributed by atoms with Gasteiger partial charge >= 0.3 is 5.97 Å². The molecule has 4 rings (SSSR count). The molecule has 0 radical (unpaired) electrons. The Bertz CT molecular complexity index is 911. The maximum absolute atomic E-state index is 12.8. The van der Waals surface area contributed by atoms with Crippen LogP contribution in [0.1, 0.15) is 52.0 Å². The van der Waals surface area contributed by atoms with Gasteiger partial charge < -0.3 is 14.9 Å². The van der Waals surface area contributed by atoms with E-state index in [0.717, 1.165) is 0 Å². The van der Waals surface area contributed by atoms with Gasteiger partial charge in [0.15, 0.2) is 0 Å². The second-order valence-electron chi connectivity index (χ2n) is 7.27. The van der Waals surface area contributed by atoms with Crippen molar-refractivity contribution in [2.45, 2.75) is 44.3 Å². The summed E-state index contributed by atoms with van der Waals surface area (Å²) < 4.78 is 0. The summed E-state index contributed by atoms with van der Waals surface area (Å²) in [6.45, 7) is 0.597. The lowest BCUT2D eigenvalue weighted by Crippen LogP contribution is -2.52. The average molecular weight is 385 g/mol. The first-order valence-electron chi connectivity index (χ1n) is 9.18. The van der Waals surface area contributed by atoms with E-state index in [4.69, 9.17) is 0 Å². The number of aliphatic carboxylic acids is 1. The summed E-state index contributed by atoms with van der Waals surface area (Å²) >= 11 is 0. The second kappa shape index (κ2) is 6.74. The molecule has 146 valence electrons. The maximum atomic E-state index is 12.8. The van der Waals surface area contributed by atoms with Crippen LogP contribution in [0.15, 0.2) is 18.2 Å². The minimum absolute atomic E-state index is 0.172. The van der Waals surface area contributed by atoms with Crippen molar-refractivity contribution >= 4 is 29.6 Å². The number of amides is 4. The number of carboxylic acid groups (broad SMARTS) is 1. The molecule has 2 fully saturated rings. The number of rotatable bonds is 3. The zero-order valence-electron chi connectivity index (χ0n) is 15.0. The first kappa shape index (κ1) is 18.1. The molecule has 0 bridgehead atoms. The van der Waals surface area contributed by atoms with Gasteiger partial charge in [0, 0.05) is 30.6 Å². The zero-order chi connectivity index (χ0) is 20.0. The van der Waals surface area contributed by atoms with Crippen molar-refractivity contribution in [3.8, 4) is 0 Å². The Morgan fingerprint density at radius 1 is 1.14 bits per heavy atom. The smallest absolute Gasteiger partial charge is 0.326 e. The lowest BCUT2D eigenvalue weighted by Gasteiger charge is -2.29. The number of hydrogen-bond acceptors (Lipinski definition) is 5. The number of nitrogens with one attached hydrogen (secondary N) is 1. The van der Waals surface area contributed by atoms with E-state index in [9.17, 15) is 29.1 Å². The summed E-state index contributed by atoms with van der Waals surface area (Å²) in [5.41, 5.74) is 1.29. The molecule has 1 aromatic rings. The Hall–Kier alpha value is -3.23. The molecule has 2 N–H and O–H groups in total. The number of fused-ring (bicyclic) bond motifs is 1. The van der Waals surface area contributed by atoms with Gasteiger partial charge in [-0.15, -0.1) is 0 Å². The van der Waals surface area contributed by atoms with Crippen LogP contribution >= 0.6 is 0 Å². The molecule has 0 spiro atoms. The van der Waals surface area contributed by atoms with Crippen LogP contribution in [0.4, 0.5) is 0 Å². The number of nitrogens with zero attached hydrogens (tertiary/aromatic N) is 2. The minimum Gasteiger partial charge on any atom is -0.480 e. The summed E-state index contributed by atoms with van der Waals surface area (Å²) in [6.07, 6.45) is 1.47. The number of hydrogen-bond donors (Lipinski definition) is 2. The van der Waals surface area contributed by atoms with E-state index in [0.29, 0.717) is 30.5 Å². The van der Waals surface area contributed by atoms with Gasteiger partial charge in [-0.3, -0.25) is 24.5 Å². The third kappa shape index (κ3) is 2.92. The molecule has 4 amide bonds. The van der Waals surface area contributed by atoms with E-state index in [1.165, 1.54) is 15.9 Å².